The maximum absolute atomic E-state index is 6.39. The molecule has 1 N–H and O–H groups in total. The van der Waals surface area contributed by atoms with Crippen molar-refractivity contribution in [3.8, 4) is 0 Å². The number of hydrogen-bond donors (Lipinski definition) is 1. The Balaban J connectivity index is 1.36. The number of piperidine rings is 1. The number of rotatable bonds is 5. The fraction of sp³-hybridized carbons (Fsp3) is 0.550. The summed E-state index contributed by atoms with van der Waals surface area (Å²) >= 11 is 0. The van der Waals surface area contributed by atoms with Gasteiger partial charge in [-0.15, -0.1) is 0 Å². The summed E-state index contributed by atoms with van der Waals surface area (Å²) in [6, 6.07) is 11.2. The molecule has 25 heavy (non-hydrogen) atoms. The van der Waals surface area contributed by atoms with Gasteiger partial charge in [0.05, 0.1) is 24.8 Å². The van der Waals surface area contributed by atoms with Crippen LogP contribution in [0.5, 0.6) is 0 Å². The zero-order chi connectivity index (χ0) is 17.1. The lowest BCUT2D eigenvalue weighted by molar-refractivity contribution is -0.0452. The molecule has 2 fully saturated rings. The summed E-state index contributed by atoms with van der Waals surface area (Å²) in [6.45, 7) is 7.21. The molecule has 2 saturated heterocycles. The minimum absolute atomic E-state index is 0.0759. The molecule has 5 heteroatoms. The lowest BCUT2D eigenvalue weighted by Gasteiger charge is -2.39. The molecule has 3 heterocycles. The third-order valence-electron chi connectivity index (χ3n) is 5.75. The first-order valence-corrected chi connectivity index (χ1v) is 9.44. The number of nitrogens with one attached hydrogen (secondary N) is 1. The fourth-order valence-corrected chi connectivity index (χ4v) is 4.35. The Hall–Kier alpha value is -1.85. The van der Waals surface area contributed by atoms with Crippen molar-refractivity contribution >= 4 is 5.69 Å². The molecule has 134 valence electrons. The Kier molecular flexibility index (Phi) is 4.77. The molecule has 0 aliphatic carbocycles. The fourth-order valence-electron chi connectivity index (χ4n) is 4.35. The highest BCUT2D eigenvalue weighted by Crippen LogP contribution is 2.38. The van der Waals surface area contributed by atoms with Gasteiger partial charge in [0.2, 0.25) is 0 Å². The quantitative estimate of drug-likeness (QED) is 0.908. The van der Waals surface area contributed by atoms with E-state index in [1.807, 2.05) is 12.4 Å². The minimum atomic E-state index is 0.0759. The molecule has 0 radical (unpaired) electrons. The molecule has 1 unspecified atom stereocenters. The third-order valence-corrected chi connectivity index (χ3v) is 5.75. The lowest BCUT2D eigenvalue weighted by Crippen LogP contribution is -2.45. The van der Waals surface area contributed by atoms with Crippen LogP contribution in [-0.2, 0) is 11.3 Å². The van der Waals surface area contributed by atoms with Crippen LogP contribution in [0.25, 0.3) is 0 Å². The molecule has 0 saturated carbocycles. The van der Waals surface area contributed by atoms with E-state index in [0.717, 1.165) is 57.9 Å². The molecule has 4 rings (SSSR count). The minimum Gasteiger partial charge on any atom is -0.373 e. The SMILES string of the molecule is CCN(c1ccccc1)C1COC2(CCN(Cc3ncc[nH]3)CC2)C1. The van der Waals surface area contributed by atoms with Crippen molar-refractivity contribution in [3.63, 3.8) is 0 Å². The highest BCUT2D eigenvalue weighted by Gasteiger charge is 2.44. The second-order valence-electron chi connectivity index (χ2n) is 7.29. The second-order valence-corrected chi connectivity index (χ2v) is 7.29. The maximum atomic E-state index is 6.39. The van der Waals surface area contributed by atoms with Crippen LogP contribution in [-0.4, -0.2) is 52.8 Å². The van der Waals surface area contributed by atoms with E-state index in [-0.39, 0.29) is 5.60 Å². The number of anilines is 1. The molecule has 1 aromatic heterocycles. The number of aromatic amines is 1. The number of para-hydroxylation sites is 1. The topological polar surface area (TPSA) is 44.4 Å². The van der Waals surface area contributed by atoms with Crippen molar-refractivity contribution in [1.29, 1.82) is 0 Å². The molecule has 1 spiro atoms. The zero-order valence-electron chi connectivity index (χ0n) is 15.0. The van der Waals surface area contributed by atoms with Crippen LogP contribution >= 0.6 is 0 Å². The summed E-state index contributed by atoms with van der Waals surface area (Å²) in [5, 5.41) is 0. The Morgan fingerprint density at radius 1 is 1.28 bits per heavy atom. The van der Waals surface area contributed by atoms with Gasteiger partial charge in [0.15, 0.2) is 0 Å². The van der Waals surface area contributed by atoms with Crippen molar-refractivity contribution in [2.24, 2.45) is 0 Å². The van der Waals surface area contributed by atoms with Gasteiger partial charge in [-0.3, -0.25) is 4.90 Å². The molecular formula is C20H28N4O. The number of likely N-dealkylation sites (tertiary alicyclic amines) is 1. The van der Waals surface area contributed by atoms with Gasteiger partial charge in [-0.2, -0.15) is 0 Å². The van der Waals surface area contributed by atoms with Crippen molar-refractivity contribution in [3.05, 3.63) is 48.5 Å². The molecule has 1 atom stereocenters. The summed E-state index contributed by atoms with van der Waals surface area (Å²) < 4.78 is 6.39. The number of ether oxygens (including phenoxy) is 1. The van der Waals surface area contributed by atoms with Gasteiger partial charge in [0.25, 0.3) is 0 Å². The highest BCUT2D eigenvalue weighted by molar-refractivity contribution is 5.47. The van der Waals surface area contributed by atoms with Crippen molar-refractivity contribution in [1.82, 2.24) is 14.9 Å². The monoisotopic (exact) mass is 340 g/mol. The van der Waals surface area contributed by atoms with Gasteiger partial charge in [-0.05, 0) is 38.3 Å². The Morgan fingerprint density at radius 2 is 2.08 bits per heavy atom. The van der Waals surface area contributed by atoms with Crippen LogP contribution in [0.3, 0.4) is 0 Å². The van der Waals surface area contributed by atoms with Crippen LogP contribution in [0.15, 0.2) is 42.7 Å². The first-order chi connectivity index (χ1) is 12.3. The zero-order valence-corrected chi connectivity index (χ0v) is 15.0. The summed E-state index contributed by atoms with van der Waals surface area (Å²) in [7, 11) is 0. The van der Waals surface area contributed by atoms with Crippen LogP contribution in [0.1, 0.15) is 32.0 Å². The number of imidazole rings is 1. The normalized spacial score (nSPS) is 23.2. The number of likely N-dealkylation sites (N-methyl/N-ethyl adjacent to an activating group) is 1. The first kappa shape index (κ1) is 16.6. The molecule has 0 amide bonds. The number of H-pyrrole nitrogens is 1. The molecule has 2 aliphatic heterocycles. The van der Waals surface area contributed by atoms with E-state index in [4.69, 9.17) is 4.74 Å². The standard InChI is InChI=1S/C20H28N4O/c1-2-24(17-6-4-3-5-7-17)18-14-20(25-16-18)8-12-23(13-9-20)15-19-21-10-11-22-19/h3-7,10-11,18H,2,8-9,12-16H2,1H3,(H,21,22). The molecular weight excluding hydrogens is 312 g/mol. The van der Waals surface area contributed by atoms with Gasteiger partial charge in [0, 0.05) is 37.7 Å². The number of aromatic nitrogens is 2. The van der Waals surface area contributed by atoms with E-state index in [0.29, 0.717) is 6.04 Å². The molecule has 2 aromatic rings. The van der Waals surface area contributed by atoms with E-state index in [9.17, 15) is 0 Å². The predicted octanol–water partition coefficient (Wildman–Crippen LogP) is 3.06. The third kappa shape index (κ3) is 3.58. The van der Waals surface area contributed by atoms with Crippen molar-refractivity contribution in [2.45, 2.75) is 44.4 Å². The first-order valence-electron chi connectivity index (χ1n) is 9.44. The number of hydrogen-bond acceptors (Lipinski definition) is 4. The van der Waals surface area contributed by atoms with Crippen LogP contribution in [0.2, 0.25) is 0 Å². The van der Waals surface area contributed by atoms with Gasteiger partial charge >= 0.3 is 0 Å². The van der Waals surface area contributed by atoms with Crippen LogP contribution in [0, 0.1) is 0 Å². The van der Waals surface area contributed by atoms with Gasteiger partial charge < -0.3 is 14.6 Å². The van der Waals surface area contributed by atoms with Crippen LogP contribution in [0.4, 0.5) is 5.69 Å². The summed E-state index contributed by atoms with van der Waals surface area (Å²) in [5.41, 5.74) is 1.39. The van der Waals surface area contributed by atoms with E-state index in [2.05, 4.69) is 57.0 Å². The number of nitrogens with zero attached hydrogens (tertiary/aromatic N) is 3. The van der Waals surface area contributed by atoms with Crippen LogP contribution < -0.4 is 4.90 Å². The Morgan fingerprint density at radius 3 is 2.76 bits per heavy atom. The van der Waals surface area contributed by atoms with Crippen molar-refractivity contribution in [2.75, 3.05) is 31.1 Å². The maximum Gasteiger partial charge on any atom is 0.120 e. The van der Waals surface area contributed by atoms with Crippen molar-refractivity contribution < 1.29 is 4.74 Å². The van der Waals surface area contributed by atoms with E-state index < -0.39 is 0 Å². The molecule has 1 aromatic carbocycles. The average Bonchev–Trinajstić information content (AvgIpc) is 3.30. The van der Waals surface area contributed by atoms with Gasteiger partial charge in [-0.25, -0.2) is 4.98 Å². The Bertz CT molecular complexity index is 650. The molecule has 2 aliphatic rings. The lowest BCUT2D eigenvalue weighted by atomic mass is 9.87. The Labute approximate surface area is 150 Å². The molecule has 0 bridgehead atoms. The summed E-state index contributed by atoms with van der Waals surface area (Å²) in [5.74, 6) is 1.06. The largest absolute Gasteiger partial charge is 0.373 e. The summed E-state index contributed by atoms with van der Waals surface area (Å²) in [4.78, 5) is 12.5. The second kappa shape index (κ2) is 7.18. The predicted molar refractivity (Wildman–Crippen MR) is 99.6 cm³/mol. The summed E-state index contributed by atoms with van der Waals surface area (Å²) in [6.07, 6.45) is 7.11. The smallest absolute Gasteiger partial charge is 0.120 e. The van der Waals surface area contributed by atoms with E-state index in [1.165, 1.54) is 5.69 Å². The van der Waals surface area contributed by atoms with E-state index >= 15 is 0 Å². The van der Waals surface area contributed by atoms with Gasteiger partial charge in [0.1, 0.15) is 5.82 Å². The van der Waals surface area contributed by atoms with E-state index in [1.54, 1.807) is 0 Å². The molecule has 5 nitrogen and oxygen atoms in total. The average molecular weight is 340 g/mol. The highest BCUT2D eigenvalue weighted by atomic mass is 16.5. The number of benzene rings is 1. The van der Waals surface area contributed by atoms with Gasteiger partial charge in [-0.1, -0.05) is 18.2 Å².